The number of fused-ring (bicyclic) bond motifs is 1. The average Bonchev–Trinajstić information content (AvgIpc) is 3.47. The first kappa shape index (κ1) is 25.2. The molecular weight excluding hydrogens is 494 g/mol. The van der Waals surface area contributed by atoms with Gasteiger partial charge in [0.15, 0.2) is 5.75 Å². The maximum Gasteiger partial charge on any atom is 0.207 e. The fourth-order valence-electron chi connectivity index (χ4n) is 4.73. The van der Waals surface area contributed by atoms with Gasteiger partial charge in [0, 0.05) is 47.0 Å². The highest BCUT2D eigenvalue weighted by molar-refractivity contribution is 7.21. The number of thiophene rings is 1. The summed E-state index contributed by atoms with van der Waals surface area (Å²) in [6.07, 6.45) is 1.58. The molecule has 0 bridgehead atoms. The Balaban J connectivity index is 1.38. The third-order valence-corrected chi connectivity index (χ3v) is 7.73. The Labute approximate surface area is 218 Å². The number of aromatic hydroxyl groups is 1. The number of halogens is 2. The number of ether oxygens (including phenoxy) is 1. The van der Waals surface area contributed by atoms with Crippen LogP contribution in [-0.2, 0) is 0 Å². The molecule has 37 heavy (non-hydrogen) atoms. The Morgan fingerprint density at radius 1 is 1.16 bits per heavy atom. The molecule has 1 atom stereocenters. The number of carbonyl (C=O) groups is 1. The summed E-state index contributed by atoms with van der Waals surface area (Å²) in [6, 6.07) is 16.9. The van der Waals surface area contributed by atoms with Crippen molar-refractivity contribution in [3.63, 3.8) is 0 Å². The van der Waals surface area contributed by atoms with Crippen molar-refractivity contribution in [2.75, 3.05) is 31.6 Å². The molecule has 192 valence electrons. The summed E-state index contributed by atoms with van der Waals surface area (Å²) in [5.41, 5.74) is 1.91. The van der Waals surface area contributed by atoms with Crippen LogP contribution in [-0.4, -0.2) is 48.1 Å². The number of likely N-dealkylation sites (tertiary alicyclic amines) is 1. The van der Waals surface area contributed by atoms with Gasteiger partial charge in [0.1, 0.15) is 22.2 Å². The molecule has 0 aliphatic carbocycles. The monoisotopic (exact) mass is 522 g/mol. The Morgan fingerprint density at radius 3 is 2.73 bits per heavy atom. The first-order chi connectivity index (χ1) is 17.9. The van der Waals surface area contributed by atoms with Gasteiger partial charge in [-0.25, -0.2) is 4.39 Å². The molecular formula is C29H28F2N2O3S. The molecule has 4 aromatic rings. The Hall–Kier alpha value is -3.49. The molecule has 8 heteroatoms. The Bertz CT molecular complexity index is 1420. The zero-order chi connectivity index (χ0) is 25.9. The van der Waals surface area contributed by atoms with E-state index in [4.69, 9.17) is 4.74 Å². The summed E-state index contributed by atoms with van der Waals surface area (Å²) in [7, 11) is 0. The van der Waals surface area contributed by atoms with Crippen molar-refractivity contribution in [2.24, 2.45) is 0 Å². The van der Waals surface area contributed by atoms with Gasteiger partial charge in [-0.05, 0) is 86.0 Å². The summed E-state index contributed by atoms with van der Waals surface area (Å²) in [6.45, 7) is 4.05. The van der Waals surface area contributed by atoms with Gasteiger partial charge in [0.05, 0.1) is 6.67 Å². The highest BCUT2D eigenvalue weighted by Crippen LogP contribution is 2.43. The lowest BCUT2D eigenvalue weighted by Gasteiger charge is -2.17. The van der Waals surface area contributed by atoms with Crippen molar-refractivity contribution >= 4 is 32.9 Å². The number of nitrogens with zero attached hydrogens (tertiary/aromatic N) is 1. The molecule has 1 aromatic heterocycles. The molecule has 0 amide bonds. The minimum Gasteiger partial charge on any atom is -0.508 e. The predicted octanol–water partition coefficient (Wildman–Crippen LogP) is 6.92. The van der Waals surface area contributed by atoms with E-state index in [9.17, 15) is 18.7 Å². The number of anilines is 1. The maximum absolute atomic E-state index is 13.6. The third kappa shape index (κ3) is 5.60. The van der Waals surface area contributed by atoms with Gasteiger partial charge in [0.25, 0.3) is 0 Å². The first-order valence-corrected chi connectivity index (χ1v) is 13.1. The lowest BCUT2D eigenvalue weighted by Crippen LogP contribution is -2.27. The minimum absolute atomic E-state index is 0.0999. The number of benzene rings is 3. The number of nitrogens with one attached hydrogen (secondary N) is 1. The molecule has 2 N–H and O–H groups in total. The molecule has 5 nitrogen and oxygen atoms in total. The van der Waals surface area contributed by atoms with Crippen LogP contribution in [0.1, 0.15) is 33.6 Å². The molecule has 0 radical (unpaired) electrons. The van der Waals surface area contributed by atoms with Crippen molar-refractivity contribution in [3.05, 3.63) is 82.5 Å². The van der Waals surface area contributed by atoms with Crippen LogP contribution in [0.5, 0.6) is 17.2 Å². The highest BCUT2D eigenvalue weighted by atomic mass is 32.1. The van der Waals surface area contributed by atoms with Gasteiger partial charge >= 0.3 is 0 Å². The quantitative estimate of drug-likeness (QED) is 0.234. The fraction of sp³-hybridized carbons (Fsp3) is 0.276. The standard InChI is InChI=1S/C29H28F2N2O3S/c1-18-15-19(31)3-9-24(18)27(35)29-28(25-10-6-22(34)16-26(25)37-29)36-23-7-4-20(5-8-23)32-21-11-14-33(17-21)13-2-12-30/h3-10,15-16,21,32,34H,2,11-14,17H2,1H3/t21-/m1/s1. The van der Waals surface area contributed by atoms with Gasteiger partial charge in [-0.1, -0.05) is 0 Å². The number of phenols is 1. The molecule has 0 unspecified atom stereocenters. The summed E-state index contributed by atoms with van der Waals surface area (Å²) in [5.74, 6) is 0.423. The van der Waals surface area contributed by atoms with Crippen LogP contribution < -0.4 is 10.1 Å². The highest BCUT2D eigenvalue weighted by Gasteiger charge is 2.24. The summed E-state index contributed by atoms with van der Waals surface area (Å²) < 4.78 is 33.1. The summed E-state index contributed by atoms with van der Waals surface area (Å²) in [5, 5.41) is 14.2. The first-order valence-electron chi connectivity index (χ1n) is 12.3. The maximum atomic E-state index is 13.6. The number of alkyl halides is 1. The van der Waals surface area contributed by atoms with E-state index in [-0.39, 0.29) is 18.2 Å². The van der Waals surface area contributed by atoms with Crippen LogP contribution in [0.15, 0.2) is 60.7 Å². The molecule has 1 saturated heterocycles. The second kappa shape index (κ2) is 10.9. The van der Waals surface area contributed by atoms with Crippen LogP contribution >= 0.6 is 11.3 Å². The minimum atomic E-state index is -0.398. The van der Waals surface area contributed by atoms with Crippen LogP contribution in [0.3, 0.4) is 0 Å². The molecule has 0 saturated carbocycles. The number of phenolic OH excluding ortho intramolecular Hbond substituents is 1. The van der Waals surface area contributed by atoms with Crippen LogP contribution in [0, 0.1) is 12.7 Å². The number of aryl methyl sites for hydroxylation is 1. The van der Waals surface area contributed by atoms with E-state index < -0.39 is 5.82 Å². The van der Waals surface area contributed by atoms with Crippen molar-refractivity contribution in [1.82, 2.24) is 4.90 Å². The SMILES string of the molecule is Cc1cc(F)ccc1C(=O)c1sc2cc(O)ccc2c1Oc1ccc(N[C@@H]2CCN(CCCF)C2)cc1. The van der Waals surface area contributed by atoms with Crippen LogP contribution in [0.2, 0.25) is 0 Å². The second-order valence-electron chi connectivity index (χ2n) is 9.33. The van der Waals surface area contributed by atoms with E-state index in [2.05, 4.69) is 10.2 Å². The van der Waals surface area contributed by atoms with E-state index in [1.54, 1.807) is 25.1 Å². The topological polar surface area (TPSA) is 61.8 Å². The Kier molecular flexibility index (Phi) is 7.39. The number of carbonyl (C=O) groups excluding carboxylic acids is 1. The molecule has 1 aliphatic heterocycles. The van der Waals surface area contributed by atoms with Crippen molar-refractivity contribution in [2.45, 2.75) is 25.8 Å². The van der Waals surface area contributed by atoms with Gasteiger partial charge in [-0.3, -0.25) is 9.18 Å². The largest absolute Gasteiger partial charge is 0.508 e. The van der Waals surface area contributed by atoms with E-state index in [0.29, 0.717) is 45.4 Å². The van der Waals surface area contributed by atoms with Crippen molar-refractivity contribution in [1.29, 1.82) is 0 Å². The molecule has 0 spiro atoms. The van der Waals surface area contributed by atoms with Gasteiger partial charge in [0.2, 0.25) is 5.78 Å². The molecule has 3 aromatic carbocycles. The predicted molar refractivity (Wildman–Crippen MR) is 144 cm³/mol. The molecule has 2 heterocycles. The smallest absolute Gasteiger partial charge is 0.207 e. The summed E-state index contributed by atoms with van der Waals surface area (Å²) in [4.78, 5) is 16.2. The van der Waals surface area contributed by atoms with E-state index >= 15 is 0 Å². The van der Waals surface area contributed by atoms with Crippen molar-refractivity contribution in [3.8, 4) is 17.2 Å². The lowest BCUT2D eigenvalue weighted by molar-refractivity contribution is 0.104. The number of hydrogen-bond acceptors (Lipinski definition) is 6. The Morgan fingerprint density at radius 2 is 1.97 bits per heavy atom. The zero-order valence-corrected chi connectivity index (χ0v) is 21.3. The molecule has 1 fully saturated rings. The average molecular weight is 523 g/mol. The molecule has 5 rings (SSSR count). The van der Waals surface area contributed by atoms with Crippen molar-refractivity contribution < 1.29 is 23.4 Å². The third-order valence-electron chi connectivity index (χ3n) is 6.59. The normalized spacial score (nSPS) is 15.8. The molecule has 1 aliphatic rings. The lowest BCUT2D eigenvalue weighted by atomic mass is 10.0. The van der Waals surface area contributed by atoms with Gasteiger partial charge < -0.3 is 20.1 Å². The number of rotatable bonds is 9. The number of ketones is 1. The summed E-state index contributed by atoms with van der Waals surface area (Å²) >= 11 is 1.23. The van der Waals surface area contributed by atoms with Crippen LogP contribution in [0.4, 0.5) is 14.5 Å². The van der Waals surface area contributed by atoms with E-state index in [1.165, 1.54) is 29.5 Å². The number of hydrogen-bond donors (Lipinski definition) is 2. The van der Waals surface area contributed by atoms with E-state index in [0.717, 1.165) is 36.4 Å². The van der Waals surface area contributed by atoms with Crippen LogP contribution in [0.25, 0.3) is 10.1 Å². The van der Waals surface area contributed by atoms with Gasteiger partial charge in [-0.15, -0.1) is 11.3 Å². The zero-order valence-electron chi connectivity index (χ0n) is 20.5. The van der Waals surface area contributed by atoms with Gasteiger partial charge in [-0.2, -0.15) is 0 Å². The second-order valence-corrected chi connectivity index (χ2v) is 10.4. The fourth-order valence-corrected chi connectivity index (χ4v) is 5.84. The van der Waals surface area contributed by atoms with E-state index in [1.807, 2.05) is 24.3 Å².